The first-order chi connectivity index (χ1) is 18.5. The third-order valence-corrected chi connectivity index (χ3v) is 5.15. The van der Waals surface area contributed by atoms with E-state index in [4.69, 9.17) is 18.6 Å². The zero-order valence-electron chi connectivity index (χ0n) is 20.1. The SMILES string of the molecule is O=C(CCC(=O)OCC(=O)c1ccc(OC(=O)c2ccco2)cc1)Nc1ccc(Oc2ccccc2)cc1. The first-order valence-electron chi connectivity index (χ1n) is 11.6. The fourth-order valence-electron chi connectivity index (χ4n) is 3.23. The van der Waals surface area contributed by atoms with Gasteiger partial charge in [0.05, 0.1) is 12.7 Å². The van der Waals surface area contributed by atoms with Gasteiger partial charge in [-0.1, -0.05) is 18.2 Å². The summed E-state index contributed by atoms with van der Waals surface area (Å²) >= 11 is 0. The molecule has 0 saturated heterocycles. The Morgan fingerprint density at radius 2 is 1.39 bits per heavy atom. The molecule has 4 rings (SSSR count). The van der Waals surface area contributed by atoms with Crippen molar-refractivity contribution in [2.75, 3.05) is 11.9 Å². The van der Waals surface area contributed by atoms with E-state index >= 15 is 0 Å². The van der Waals surface area contributed by atoms with Gasteiger partial charge in [-0.15, -0.1) is 0 Å². The Labute approximate surface area is 217 Å². The maximum atomic E-state index is 12.3. The molecular formula is C29H23NO8. The molecule has 38 heavy (non-hydrogen) atoms. The van der Waals surface area contributed by atoms with E-state index < -0.39 is 24.3 Å². The summed E-state index contributed by atoms with van der Waals surface area (Å²) in [4.78, 5) is 48.4. The number of nitrogens with one attached hydrogen (secondary N) is 1. The van der Waals surface area contributed by atoms with Crippen LogP contribution in [0.15, 0.2) is 102 Å². The molecule has 1 amide bonds. The van der Waals surface area contributed by atoms with Crippen LogP contribution in [-0.4, -0.2) is 30.2 Å². The van der Waals surface area contributed by atoms with Crippen LogP contribution in [0, 0.1) is 0 Å². The number of ether oxygens (including phenoxy) is 3. The molecule has 1 aromatic heterocycles. The number of hydrogen-bond donors (Lipinski definition) is 1. The molecule has 9 heteroatoms. The fourth-order valence-corrected chi connectivity index (χ4v) is 3.23. The van der Waals surface area contributed by atoms with Crippen molar-refractivity contribution >= 4 is 29.3 Å². The molecule has 0 aliphatic rings. The molecule has 4 aromatic rings. The number of anilines is 1. The van der Waals surface area contributed by atoms with Gasteiger partial charge < -0.3 is 23.9 Å². The van der Waals surface area contributed by atoms with Crippen molar-refractivity contribution in [2.24, 2.45) is 0 Å². The van der Waals surface area contributed by atoms with Crippen molar-refractivity contribution in [3.8, 4) is 17.2 Å². The van der Waals surface area contributed by atoms with E-state index in [1.165, 1.54) is 36.6 Å². The summed E-state index contributed by atoms with van der Waals surface area (Å²) in [5.41, 5.74) is 0.824. The number of carbonyl (C=O) groups excluding carboxylic acids is 4. The first-order valence-corrected chi connectivity index (χ1v) is 11.6. The third-order valence-electron chi connectivity index (χ3n) is 5.15. The molecule has 0 atom stereocenters. The topological polar surface area (TPSA) is 121 Å². The largest absolute Gasteiger partial charge is 0.457 e. The van der Waals surface area contributed by atoms with Crippen molar-refractivity contribution < 1.29 is 37.8 Å². The standard InChI is InChI=1S/C29H23NO8/c31-25(20-8-12-24(13-9-20)38-29(34)26-7-4-18-35-26)19-36-28(33)17-16-27(32)30-21-10-14-23(15-11-21)37-22-5-2-1-3-6-22/h1-15,18H,16-17,19H2,(H,30,32). The second-order valence-electron chi connectivity index (χ2n) is 7.96. The van der Waals surface area contributed by atoms with Gasteiger partial charge in [-0.2, -0.15) is 0 Å². The number of ketones is 1. The number of furan rings is 1. The average molecular weight is 514 g/mol. The van der Waals surface area contributed by atoms with Gasteiger partial charge in [-0.05, 0) is 72.8 Å². The minimum Gasteiger partial charge on any atom is -0.457 e. The van der Waals surface area contributed by atoms with Gasteiger partial charge in [0.25, 0.3) is 0 Å². The Bertz CT molecular complexity index is 1380. The Morgan fingerprint density at radius 1 is 0.711 bits per heavy atom. The van der Waals surface area contributed by atoms with Gasteiger partial charge in [0.1, 0.15) is 17.2 Å². The predicted octanol–water partition coefficient (Wildman–Crippen LogP) is 5.44. The maximum Gasteiger partial charge on any atom is 0.379 e. The molecule has 192 valence electrons. The van der Waals surface area contributed by atoms with E-state index in [1.54, 1.807) is 30.3 Å². The van der Waals surface area contributed by atoms with Gasteiger partial charge >= 0.3 is 11.9 Å². The lowest BCUT2D eigenvalue weighted by molar-refractivity contribution is -0.143. The summed E-state index contributed by atoms with van der Waals surface area (Å²) in [6.45, 7) is -0.477. The first kappa shape index (κ1) is 25.9. The summed E-state index contributed by atoms with van der Waals surface area (Å²) in [7, 11) is 0. The van der Waals surface area contributed by atoms with E-state index in [0.29, 0.717) is 17.2 Å². The molecule has 0 unspecified atom stereocenters. The van der Waals surface area contributed by atoms with Crippen molar-refractivity contribution in [1.29, 1.82) is 0 Å². The number of carbonyl (C=O) groups is 4. The van der Waals surface area contributed by atoms with Crippen LogP contribution in [0.4, 0.5) is 5.69 Å². The molecule has 0 aliphatic heterocycles. The van der Waals surface area contributed by atoms with Gasteiger partial charge in [0.2, 0.25) is 11.7 Å². The Kier molecular flexibility index (Phi) is 8.64. The van der Waals surface area contributed by atoms with Crippen LogP contribution in [0.5, 0.6) is 17.2 Å². The molecular weight excluding hydrogens is 490 g/mol. The molecule has 0 fully saturated rings. The normalized spacial score (nSPS) is 10.3. The molecule has 0 spiro atoms. The third kappa shape index (κ3) is 7.66. The lowest BCUT2D eigenvalue weighted by atomic mass is 10.1. The quantitative estimate of drug-likeness (QED) is 0.160. The second kappa shape index (κ2) is 12.7. The highest BCUT2D eigenvalue weighted by Crippen LogP contribution is 2.22. The van der Waals surface area contributed by atoms with E-state index in [9.17, 15) is 19.2 Å². The molecule has 0 radical (unpaired) electrons. The van der Waals surface area contributed by atoms with Gasteiger partial charge in [0.15, 0.2) is 12.4 Å². The second-order valence-corrected chi connectivity index (χ2v) is 7.96. The zero-order valence-corrected chi connectivity index (χ0v) is 20.1. The maximum absolute atomic E-state index is 12.3. The van der Waals surface area contributed by atoms with Crippen molar-refractivity contribution in [1.82, 2.24) is 0 Å². The van der Waals surface area contributed by atoms with Crippen molar-refractivity contribution in [3.05, 3.63) is 109 Å². The van der Waals surface area contributed by atoms with Gasteiger partial charge in [0, 0.05) is 17.7 Å². The minimum atomic E-state index is -0.677. The smallest absolute Gasteiger partial charge is 0.379 e. The summed E-state index contributed by atoms with van der Waals surface area (Å²) < 4.78 is 20.8. The van der Waals surface area contributed by atoms with Crippen molar-refractivity contribution in [3.63, 3.8) is 0 Å². The van der Waals surface area contributed by atoms with Crippen LogP contribution in [0.1, 0.15) is 33.8 Å². The predicted molar refractivity (Wildman–Crippen MR) is 136 cm³/mol. The number of hydrogen-bond acceptors (Lipinski definition) is 8. The Hall–Kier alpha value is -5.18. The van der Waals surface area contributed by atoms with E-state index in [-0.39, 0.29) is 35.8 Å². The van der Waals surface area contributed by atoms with Crippen LogP contribution in [0.3, 0.4) is 0 Å². The molecule has 9 nitrogen and oxygen atoms in total. The van der Waals surface area contributed by atoms with Crippen LogP contribution < -0.4 is 14.8 Å². The lowest BCUT2D eigenvalue weighted by Crippen LogP contribution is -2.17. The van der Waals surface area contributed by atoms with Gasteiger partial charge in [-0.3, -0.25) is 14.4 Å². The van der Waals surface area contributed by atoms with Crippen molar-refractivity contribution in [2.45, 2.75) is 12.8 Å². The molecule has 0 saturated carbocycles. The summed E-state index contributed by atoms with van der Waals surface area (Å²) in [5.74, 6) is -0.558. The number of rotatable bonds is 11. The number of amides is 1. The fraction of sp³-hybridized carbons (Fsp3) is 0.103. The highest BCUT2D eigenvalue weighted by Gasteiger charge is 2.14. The molecule has 1 N–H and O–H groups in total. The van der Waals surface area contributed by atoms with E-state index in [1.807, 2.05) is 30.3 Å². The van der Waals surface area contributed by atoms with Crippen LogP contribution in [-0.2, 0) is 14.3 Å². The molecule has 1 heterocycles. The number of para-hydroxylation sites is 1. The van der Waals surface area contributed by atoms with E-state index in [0.717, 1.165) is 0 Å². The highest BCUT2D eigenvalue weighted by molar-refractivity contribution is 5.98. The van der Waals surface area contributed by atoms with Crippen LogP contribution in [0.2, 0.25) is 0 Å². The average Bonchev–Trinajstić information content (AvgIpc) is 3.48. The Morgan fingerprint density at radius 3 is 2.08 bits per heavy atom. The summed E-state index contributed by atoms with van der Waals surface area (Å²) in [5, 5.41) is 2.70. The van der Waals surface area contributed by atoms with Crippen LogP contribution in [0.25, 0.3) is 0 Å². The number of Topliss-reactive ketones (excluding diaryl/α,β-unsaturated/α-hetero) is 1. The van der Waals surface area contributed by atoms with Crippen LogP contribution >= 0.6 is 0 Å². The molecule has 3 aromatic carbocycles. The molecule has 0 aliphatic carbocycles. The highest BCUT2D eigenvalue weighted by atomic mass is 16.5. The summed E-state index contributed by atoms with van der Waals surface area (Å²) in [6, 6.07) is 24.9. The minimum absolute atomic E-state index is 0.0529. The zero-order chi connectivity index (χ0) is 26.7. The summed E-state index contributed by atoms with van der Waals surface area (Å²) in [6.07, 6.45) is 1.06. The Balaban J connectivity index is 1.15. The molecule has 0 bridgehead atoms. The lowest BCUT2D eigenvalue weighted by Gasteiger charge is -2.08. The van der Waals surface area contributed by atoms with E-state index in [2.05, 4.69) is 5.32 Å². The monoisotopic (exact) mass is 513 g/mol. The van der Waals surface area contributed by atoms with Gasteiger partial charge in [-0.25, -0.2) is 4.79 Å². The number of esters is 2. The number of benzene rings is 3.